The van der Waals surface area contributed by atoms with E-state index in [1.54, 1.807) is 0 Å². The molecule has 0 unspecified atom stereocenters. The van der Waals surface area contributed by atoms with Crippen molar-refractivity contribution in [3.05, 3.63) is 29.1 Å². The molecule has 1 aromatic heterocycles. The Morgan fingerprint density at radius 1 is 1.46 bits per heavy atom. The number of hydrogen-bond donors (Lipinski definition) is 1. The fraction of sp³-hybridized carbons (Fsp3) is 0.375. The quantitative estimate of drug-likeness (QED) is 0.735. The molecular formula is C8H8F3NO. The van der Waals surface area contributed by atoms with Crippen molar-refractivity contribution < 1.29 is 18.3 Å². The largest absolute Gasteiger partial charge is 0.417 e. The first-order valence-corrected chi connectivity index (χ1v) is 3.58. The SMILES string of the molecule is Cc1cc(C(F)(F)F)cnc1CO. The van der Waals surface area contributed by atoms with Crippen molar-refractivity contribution in [1.29, 1.82) is 0 Å². The van der Waals surface area contributed by atoms with Gasteiger partial charge < -0.3 is 5.11 Å². The highest BCUT2D eigenvalue weighted by Gasteiger charge is 2.31. The van der Waals surface area contributed by atoms with Crippen molar-refractivity contribution in [2.75, 3.05) is 0 Å². The summed E-state index contributed by atoms with van der Waals surface area (Å²) >= 11 is 0. The molecule has 0 atom stereocenters. The first-order valence-electron chi connectivity index (χ1n) is 3.58. The molecule has 1 rings (SSSR count). The second kappa shape index (κ2) is 3.33. The number of aryl methyl sites for hydroxylation is 1. The maximum atomic E-state index is 12.1. The van der Waals surface area contributed by atoms with E-state index in [2.05, 4.69) is 4.98 Å². The molecule has 0 aliphatic rings. The van der Waals surface area contributed by atoms with E-state index in [-0.39, 0.29) is 12.3 Å². The topological polar surface area (TPSA) is 33.1 Å². The number of halogens is 3. The molecule has 2 nitrogen and oxygen atoms in total. The van der Waals surface area contributed by atoms with Crippen LogP contribution in [0.25, 0.3) is 0 Å². The van der Waals surface area contributed by atoms with Crippen molar-refractivity contribution >= 4 is 0 Å². The number of alkyl halides is 3. The molecule has 0 aromatic carbocycles. The van der Waals surface area contributed by atoms with Crippen LogP contribution in [0.4, 0.5) is 13.2 Å². The van der Waals surface area contributed by atoms with E-state index < -0.39 is 11.7 Å². The molecule has 72 valence electrons. The van der Waals surface area contributed by atoms with Crippen LogP contribution >= 0.6 is 0 Å². The molecule has 0 saturated heterocycles. The van der Waals surface area contributed by atoms with E-state index in [0.717, 1.165) is 12.3 Å². The van der Waals surface area contributed by atoms with Crippen LogP contribution in [0.3, 0.4) is 0 Å². The smallest absolute Gasteiger partial charge is 0.390 e. The van der Waals surface area contributed by atoms with Crippen LogP contribution in [-0.2, 0) is 12.8 Å². The third-order valence-corrected chi connectivity index (χ3v) is 1.66. The third-order valence-electron chi connectivity index (χ3n) is 1.66. The highest BCUT2D eigenvalue weighted by atomic mass is 19.4. The number of aliphatic hydroxyl groups excluding tert-OH is 1. The molecule has 0 bridgehead atoms. The molecule has 13 heavy (non-hydrogen) atoms. The van der Waals surface area contributed by atoms with Crippen molar-refractivity contribution in [2.45, 2.75) is 19.7 Å². The minimum absolute atomic E-state index is 0.271. The van der Waals surface area contributed by atoms with Gasteiger partial charge in [-0.15, -0.1) is 0 Å². The zero-order valence-corrected chi connectivity index (χ0v) is 6.89. The zero-order chi connectivity index (χ0) is 10.1. The molecule has 0 spiro atoms. The van der Waals surface area contributed by atoms with Gasteiger partial charge in [0, 0.05) is 6.20 Å². The van der Waals surface area contributed by atoms with E-state index in [4.69, 9.17) is 5.11 Å². The predicted octanol–water partition coefficient (Wildman–Crippen LogP) is 1.90. The highest BCUT2D eigenvalue weighted by molar-refractivity contribution is 5.25. The van der Waals surface area contributed by atoms with Gasteiger partial charge in [0.1, 0.15) is 0 Å². The molecule has 5 heteroatoms. The highest BCUT2D eigenvalue weighted by Crippen LogP contribution is 2.29. The first kappa shape index (κ1) is 9.98. The Labute approximate surface area is 73.0 Å². The lowest BCUT2D eigenvalue weighted by molar-refractivity contribution is -0.137. The van der Waals surface area contributed by atoms with E-state index in [1.807, 2.05) is 0 Å². The van der Waals surface area contributed by atoms with Crippen molar-refractivity contribution in [1.82, 2.24) is 4.98 Å². The molecule has 0 amide bonds. The number of rotatable bonds is 1. The normalized spacial score (nSPS) is 11.8. The lowest BCUT2D eigenvalue weighted by Gasteiger charge is -2.08. The fourth-order valence-corrected chi connectivity index (χ4v) is 0.924. The molecule has 0 aliphatic heterocycles. The summed E-state index contributed by atoms with van der Waals surface area (Å²) in [5.41, 5.74) is -0.174. The van der Waals surface area contributed by atoms with E-state index in [0.29, 0.717) is 5.56 Å². The Hall–Kier alpha value is -1.10. The van der Waals surface area contributed by atoms with Crippen LogP contribution in [0.5, 0.6) is 0 Å². The molecule has 0 aliphatic carbocycles. The number of hydrogen-bond acceptors (Lipinski definition) is 2. The van der Waals surface area contributed by atoms with Crippen LogP contribution in [0.1, 0.15) is 16.8 Å². The number of pyridine rings is 1. The van der Waals surface area contributed by atoms with Gasteiger partial charge in [0.15, 0.2) is 0 Å². The van der Waals surface area contributed by atoms with Gasteiger partial charge in [0.2, 0.25) is 0 Å². The maximum absolute atomic E-state index is 12.1. The number of nitrogens with zero attached hydrogens (tertiary/aromatic N) is 1. The molecule has 1 heterocycles. The third kappa shape index (κ3) is 2.18. The van der Waals surface area contributed by atoms with Crippen LogP contribution in [0.2, 0.25) is 0 Å². The summed E-state index contributed by atoms with van der Waals surface area (Å²) in [6.07, 6.45) is -3.65. The lowest BCUT2D eigenvalue weighted by Crippen LogP contribution is -2.07. The summed E-state index contributed by atoms with van der Waals surface area (Å²) in [6.45, 7) is 1.14. The molecule has 0 radical (unpaired) electrons. The summed E-state index contributed by atoms with van der Waals surface area (Å²) in [6, 6.07) is 0.971. The van der Waals surface area contributed by atoms with Crippen LogP contribution in [-0.4, -0.2) is 10.1 Å². The molecular weight excluding hydrogens is 183 g/mol. The zero-order valence-electron chi connectivity index (χ0n) is 6.89. The number of aliphatic hydroxyl groups is 1. The summed E-state index contributed by atoms with van der Waals surface area (Å²) in [7, 11) is 0. The van der Waals surface area contributed by atoms with Gasteiger partial charge in [-0.25, -0.2) is 0 Å². The maximum Gasteiger partial charge on any atom is 0.417 e. The Kier molecular flexibility index (Phi) is 2.56. The van der Waals surface area contributed by atoms with Crippen molar-refractivity contribution in [3.8, 4) is 0 Å². The monoisotopic (exact) mass is 191 g/mol. The van der Waals surface area contributed by atoms with Gasteiger partial charge in [0.05, 0.1) is 17.9 Å². The summed E-state index contributed by atoms with van der Waals surface area (Å²) in [5.74, 6) is 0. The molecule has 0 fully saturated rings. The average molecular weight is 191 g/mol. The van der Waals surface area contributed by atoms with Crippen LogP contribution in [0, 0.1) is 6.92 Å². The van der Waals surface area contributed by atoms with Gasteiger partial charge in [-0.05, 0) is 18.6 Å². The van der Waals surface area contributed by atoms with Gasteiger partial charge in [-0.2, -0.15) is 13.2 Å². The lowest BCUT2D eigenvalue weighted by atomic mass is 10.1. The molecule has 1 aromatic rings. The summed E-state index contributed by atoms with van der Waals surface area (Å²) < 4.78 is 36.3. The molecule has 1 N–H and O–H groups in total. The van der Waals surface area contributed by atoms with E-state index in [9.17, 15) is 13.2 Å². The fourth-order valence-electron chi connectivity index (χ4n) is 0.924. The van der Waals surface area contributed by atoms with Gasteiger partial charge in [-0.3, -0.25) is 4.98 Å². The Morgan fingerprint density at radius 3 is 2.46 bits per heavy atom. The van der Waals surface area contributed by atoms with Crippen molar-refractivity contribution in [3.63, 3.8) is 0 Å². The Bertz CT molecular complexity index is 309. The predicted molar refractivity (Wildman–Crippen MR) is 39.9 cm³/mol. The van der Waals surface area contributed by atoms with E-state index in [1.165, 1.54) is 6.92 Å². The second-order valence-electron chi connectivity index (χ2n) is 2.64. The summed E-state index contributed by atoms with van der Waals surface area (Å²) in [5, 5.41) is 8.67. The molecule has 0 saturated carbocycles. The van der Waals surface area contributed by atoms with Gasteiger partial charge in [0.25, 0.3) is 0 Å². The first-order chi connectivity index (χ1) is 5.95. The van der Waals surface area contributed by atoms with Gasteiger partial charge in [-0.1, -0.05) is 0 Å². The van der Waals surface area contributed by atoms with Gasteiger partial charge >= 0.3 is 6.18 Å². The summed E-state index contributed by atoms with van der Waals surface area (Å²) in [4.78, 5) is 3.49. The van der Waals surface area contributed by atoms with E-state index >= 15 is 0 Å². The minimum atomic E-state index is -4.37. The van der Waals surface area contributed by atoms with Crippen LogP contribution in [0.15, 0.2) is 12.3 Å². The van der Waals surface area contributed by atoms with Crippen LogP contribution < -0.4 is 0 Å². The second-order valence-corrected chi connectivity index (χ2v) is 2.64. The van der Waals surface area contributed by atoms with Crippen molar-refractivity contribution in [2.24, 2.45) is 0 Å². The minimum Gasteiger partial charge on any atom is -0.390 e. The average Bonchev–Trinajstić information content (AvgIpc) is 2.02. The Morgan fingerprint density at radius 2 is 2.08 bits per heavy atom. The standard InChI is InChI=1S/C8H8F3NO/c1-5-2-6(8(9,10)11)3-12-7(5)4-13/h2-3,13H,4H2,1H3. The Balaban J connectivity index is 3.10. The number of aromatic nitrogens is 1.